The molecule has 3 rings (SSSR count). The summed E-state index contributed by atoms with van der Waals surface area (Å²) in [6, 6.07) is 0. The predicted octanol–water partition coefficient (Wildman–Crippen LogP) is 1.20. The molecule has 2 aromatic heterocycles. The fraction of sp³-hybridized carbons (Fsp3) is 0.500. The number of nitrogens with two attached hydrogens (primary N) is 1. The molecule has 0 radical (unpaired) electrons. The number of ether oxygens (including phenoxy) is 1. The maximum atomic E-state index is 5.68. The van der Waals surface area contributed by atoms with Crippen molar-refractivity contribution in [1.29, 1.82) is 0 Å². The summed E-state index contributed by atoms with van der Waals surface area (Å²) in [6.07, 6.45) is 3.02. The van der Waals surface area contributed by atoms with E-state index in [4.69, 9.17) is 10.5 Å². The molecule has 17 heavy (non-hydrogen) atoms. The van der Waals surface area contributed by atoms with Gasteiger partial charge in [0.05, 0.1) is 17.7 Å². The fourth-order valence-corrected chi connectivity index (χ4v) is 3.12. The Balaban J connectivity index is 1.96. The summed E-state index contributed by atoms with van der Waals surface area (Å²) < 4.78 is 5.54. The molecular formula is C10H13N5OS. The minimum absolute atomic E-state index is 0.248. The van der Waals surface area contributed by atoms with Gasteiger partial charge in [-0.2, -0.15) is 10.1 Å². The van der Waals surface area contributed by atoms with Gasteiger partial charge in [-0.25, -0.2) is 4.98 Å². The summed E-state index contributed by atoms with van der Waals surface area (Å²) in [6.45, 7) is 2.90. The van der Waals surface area contributed by atoms with Crippen LogP contribution in [0.3, 0.4) is 0 Å². The molecule has 1 saturated heterocycles. The van der Waals surface area contributed by atoms with Crippen molar-refractivity contribution in [3.63, 3.8) is 0 Å². The number of rotatable bonds is 2. The number of thioether (sulfide) groups is 1. The summed E-state index contributed by atoms with van der Waals surface area (Å²) in [5, 5.41) is 9.00. The molecule has 0 saturated carbocycles. The first-order valence-corrected chi connectivity index (χ1v) is 6.37. The summed E-state index contributed by atoms with van der Waals surface area (Å²) in [5.74, 6) is 0.274. The highest BCUT2D eigenvalue weighted by Crippen LogP contribution is 2.34. The number of anilines is 1. The second kappa shape index (κ2) is 4.15. The van der Waals surface area contributed by atoms with Gasteiger partial charge in [-0.1, -0.05) is 11.8 Å². The average Bonchev–Trinajstić information content (AvgIpc) is 2.88. The van der Waals surface area contributed by atoms with Crippen LogP contribution in [0, 0.1) is 0 Å². The third-order valence-corrected chi connectivity index (χ3v) is 4.32. The number of aromatic amines is 1. The standard InChI is InChI=1S/C10H13N5OS/c1-5-7(2-3-16-5)17-9-6-4-12-15-8(6)13-10(11)14-9/h4-5,7H,2-3H2,1H3,(H3,11,12,13,14,15). The lowest BCUT2D eigenvalue weighted by Gasteiger charge is -2.13. The van der Waals surface area contributed by atoms with Crippen LogP contribution in [0.2, 0.25) is 0 Å². The van der Waals surface area contributed by atoms with Gasteiger partial charge in [0.2, 0.25) is 5.95 Å². The van der Waals surface area contributed by atoms with Gasteiger partial charge in [-0.15, -0.1) is 0 Å². The van der Waals surface area contributed by atoms with Gasteiger partial charge in [0.15, 0.2) is 5.65 Å². The number of nitrogens with zero attached hydrogens (tertiary/aromatic N) is 3. The van der Waals surface area contributed by atoms with Crippen molar-refractivity contribution in [3.8, 4) is 0 Å². The van der Waals surface area contributed by atoms with Crippen molar-refractivity contribution < 1.29 is 4.74 Å². The maximum absolute atomic E-state index is 5.68. The summed E-state index contributed by atoms with van der Waals surface area (Å²) >= 11 is 1.69. The first-order valence-electron chi connectivity index (χ1n) is 5.49. The topological polar surface area (TPSA) is 89.7 Å². The minimum Gasteiger partial charge on any atom is -0.377 e. The van der Waals surface area contributed by atoms with E-state index in [0.717, 1.165) is 23.4 Å². The van der Waals surface area contributed by atoms with Gasteiger partial charge in [-0.3, -0.25) is 5.10 Å². The Labute approximate surface area is 102 Å². The summed E-state index contributed by atoms with van der Waals surface area (Å²) in [7, 11) is 0. The van der Waals surface area contributed by atoms with Gasteiger partial charge >= 0.3 is 0 Å². The van der Waals surface area contributed by atoms with Crippen molar-refractivity contribution in [2.75, 3.05) is 12.3 Å². The third kappa shape index (κ3) is 1.96. The van der Waals surface area contributed by atoms with Gasteiger partial charge in [0.1, 0.15) is 5.03 Å². The Morgan fingerprint density at radius 1 is 1.53 bits per heavy atom. The Morgan fingerprint density at radius 3 is 3.18 bits per heavy atom. The Morgan fingerprint density at radius 2 is 2.41 bits per heavy atom. The van der Waals surface area contributed by atoms with Crippen LogP contribution in [0.5, 0.6) is 0 Å². The third-order valence-electron chi connectivity index (χ3n) is 2.86. The van der Waals surface area contributed by atoms with Crippen LogP contribution in [0.4, 0.5) is 5.95 Å². The van der Waals surface area contributed by atoms with E-state index in [1.807, 2.05) is 0 Å². The molecule has 90 valence electrons. The number of nitrogen functional groups attached to an aromatic ring is 1. The number of H-pyrrole nitrogens is 1. The molecular weight excluding hydrogens is 238 g/mol. The van der Waals surface area contributed by atoms with Crippen molar-refractivity contribution >= 4 is 28.7 Å². The van der Waals surface area contributed by atoms with Crippen LogP contribution in [0.1, 0.15) is 13.3 Å². The van der Waals surface area contributed by atoms with E-state index in [2.05, 4.69) is 27.1 Å². The second-order valence-electron chi connectivity index (χ2n) is 4.04. The molecule has 2 unspecified atom stereocenters. The van der Waals surface area contributed by atoms with Gasteiger partial charge < -0.3 is 10.5 Å². The van der Waals surface area contributed by atoms with Crippen LogP contribution in [0.15, 0.2) is 11.2 Å². The SMILES string of the molecule is CC1OCCC1Sc1nc(N)nc2[nH]ncc12. The number of hydrogen-bond acceptors (Lipinski definition) is 6. The van der Waals surface area contributed by atoms with E-state index >= 15 is 0 Å². The minimum atomic E-state index is 0.248. The smallest absolute Gasteiger partial charge is 0.223 e. The fourth-order valence-electron chi connectivity index (χ4n) is 1.92. The molecule has 0 amide bonds. The Hall–Kier alpha value is -1.34. The molecule has 0 spiro atoms. The van der Waals surface area contributed by atoms with Crippen LogP contribution >= 0.6 is 11.8 Å². The molecule has 3 N–H and O–H groups in total. The summed E-state index contributed by atoms with van der Waals surface area (Å²) in [5.41, 5.74) is 6.36. The first-order chi connectivity index (χ1) is 8.24. The van der Waals surface area contributed by atoms with E-state index in [0.29, 0.717) is 10.9 Å². The van der Waals surface area contributed by atoms with Gasteiger partial charge in [0.25, 0.3) is 0 Å². The lowest BCUT2D eigenvalue weighted by atomic mass is 10.3. The molecule has 1 aliphatic rings. The highest BCUT2D eigenvalue weighted by molar-refractivity contribution is 8.00. The molecule has 0 aliphatic carbocycles. The van der Waals surface area contributed by atoms with E-state index in [-0.39, 0.29) is 12.1 Å². The number of nitrogens with one attached hydrogen (secondary N) is 1. The lowest BCUT2D eigenvalue weighted by molar-refractivity contribution is 0.127. The maximum Gasteiger partial charge on any atom is 0.223 e. The quantitative estimate of drug-likeness (QED) is 0.780. The highest BCUT2D eigenvalue weighted by atomic mass is 32.2. The molecule has 3 heterocycles. The van der Waals surface area contributed by atoms with E-state index in [9.17, 15) is 0 Å². The van der Waals surface area contributed by atoms with Crippen LogP contribution in [-0.2, 0) is 4.74 Å². The molecule has 1 fully saturated rings. The molecule has 7 heteroatoms. The predicted molar refractivity (Wildman–Crippen MR) is 65.8 cm³/mol. The van der Waals surface area contributed by atoms with E-state index < -0.39 is 0 Å². The van der Waals surface area contributed by atoms with E-state index in [1.54, 1.807) is 18.0 Å². The zero-order valence-corrected chi connectivity index (χ0v) is 10.2. The largest absolute Gasteiger partial charge is 0.377 e. The highest BCUT2D eigenvalue weighted by Gasteiger charge is 2.26. The number of hydrogen-bond donors (Lipinski definition) is 2. The monoisotopic (exact) mass is 251 g/mol. The van der Waals surface area contributed by atoms with Crippen molar-refractivity contribution in [2.45, 2.75) is 29.7 Å². The van der Waals surface area contributed by atoms with Crippen molar-refractivity contribution in [2.24, 2.45) is 0 Å². The average molecular weight is 251 g/mol. The van der Waals surface area contributed by atoms with Crippen LogP contribution < -0.4 is 5.73 Å². The molecule has 2 aromatic rings. The first kappa shape index (κ1) is 10.8. The zero-order chi connectivity index (χ0) is 11.8. The van der Waals surface area contributed by atoms with Crippen molar-refractivity contribution in [1.82, 2.24) is 20.2 Å². The van der Waals surface area contributed by atoms with Crippen LogP contribution in [0.25, 0.3) is 11.0 Å². The second-order valence-corrected chi connectivity index (χ2v) is 5.27. The van der Waals surface area contributed by atoms with Gasteiger partial charge in [0, 0.05) is 11.9 Å². The molecule has 2 atom stereocenters. The molecule has 1 aliphatic heterocycles. The van der Waals surface area contributed by atoms with Crippen molar-refractivity contribution in [3.05, 3.63) is 6.20 Å². The summed E-state index contributed by atoms with van der Waals surface area (Å²) in [4.78, 5) is 8.38. The number of fused-ring (bicyclic) bond motifs is 1. The zero-order valence-electron chi connectivity index (χ0n) is 9.38. The Bertz CT molecular complexity index is 542. The molecule has 0 bridgehead atoms. The normalized spacial score (nSPS) is 24.5. The number of aromatic nitrogens is 4. The molecule has 0 aromatic carbocycles. The lowest BCUT2D eigenvalue weighted by Crippen LogP contribution is -2.13. The van der Waals surface area contributed by atoms with E-state index in [1.165, 1.54) is 0 Å². The van der Waals surface area contributed by atoms with Crippen LogP contribution in [-0.4, -0.2) is 38.1 Å². The van der Waals surface area contributed by atoms with Gasteiger partial charge in [-0.05, 0) is 13.3 Å². The Kier molecular flexibility index (Phi) is 2.64. The molecule has 6 nitrogen and oxygen atoms in total.